The van der Waals surface area contributed by atoms with Crippen molar-refractivity contribution in [1.82, 2.24) is 4.90 Å². The van der Waals surface area contributed by atoms with Gasteiger partial charge in [-0.05, 0) is 49.9 Å². The lowest BCUT2D eigenvalue weighted by molar-refractivity contribution is 0.0948. The smallest absolute Gasteiger partial charge is 0.212 e. The van der Waals surface area contributed by atoms with Crippen molar-refractivity contribution in [1.29, 1.82) is 0 Å². The van der Waals surface area contributed by atoms with E-state index in [4.69, 9.17) is 0 Å². The topological polar surface area (TPSA) is 49.4 Å². The van der Waals surface area contributed by atoms with Crippen molar-refractivity contribution in [3.63, 3.8) is 0 Å². The summed E-state index contributed by atoms with van der Waals surface area (Å²) in [4.78, 5) is 28.5. The molecule has 0 radical (unpaired) electrons. The molecule has 0 unspecified atom stereocenters. The third kappa shape index (κ3) is 2.81. The van der Waals surface area contributed by atoms with Crippen LogP contribution in [0.4, 0.5) is 5.69 Å². The van der Waals surface area contributed by atoms with Gasteiger partial charge in [0, 0.05) is 29.9 Å². The molecule has 1 heterocycles. The third-order valence-electron chi connectivity index (χ3n) is 5.01. The van der Waals surface area contributed by atoms with Crippen LogP contribution >= 0.6 is 0 Å². The molecule has 2 aromatic carbocycles. The van der Waals surface area contributed by atoms with Gasteiger partial charge in [-0.15, -0.1) is 0 Å². The highest BCUT2D eigenvalue weighted by molar-refractivity contribution is 6.27. The minimum Gasteiger partial charge on any atom is -0.367 e. The van der Waals surface area contributed by atoms with E-state index >= 15 is 0 Å². The summed E-state index contributed by atoms with van der Waals surface area (Å²) in [5, 5.41) is 3.28. The second-order valence-electron chi connectivity index (χ2n) is 7.12. The van der Waals surface area contributed by atoms with Gasteiger partial charge in [0.1, 0.15) is 11.4 Å². The van der Waals surface area contributed by atoms with E-state index in [2.05, 4.69) is 16.3 Å². The number of aryl methyl sites for hydroxylation is 2. The number of benzene rings is 2. The van der Waals surface area contributed by atoms with E-state index < -0.39 is 0 Å². The van der Waals surface area contributed by atoms with E-state index in [1.54, 1.807) is 18.2 Å². The number of ketones is 2. The number of hydrogen-bond acceptors (Lipinski definition) is 4. The molecule has 132 valence electrons. The van der Waals surface area contributed by atoms with Gasteiger partial charge in [0.15, 0.2) is 0 Å². The Morgan fingerprint density at radius 2 is 1.42 bits per heavy atom. The molecule has 0 aromatic heterocycles. The molecule has 4 nitrogen and oxygen atoms in total. The number of allylic oxidation sites excluding steroid dienone is 2. The Bertz CT molecular complexity index is 917. The Morgan fingerprint density at radius 3 is 2.04 bits per heavy atom. The van der Waals surface area contributed by atoms with Crippen LogP contribution in [0.15, 0.2) is 53.9 Å². The summed E-state index contributed by atoms with van der Waals surface area (Å²) in [7, 11) is 0. The maximum Gasteiger partial charge on any atom is 0.212 e. The van der Waals surface area contributed by atoms with Gasteiger partial charge in [0.2, 0.25) is 11.6 Å². The van der Waals surface area contributed by atoms with Crippen molar-refractivity contribution in [3.05, 3.63) is 76.1 Å². The van der Waals surface area contributed by atoms with Gasteiger partial charge in [0.05, 0.1) is 0 Å². The first-order chi connectivity index (χ1) is 12.5. The summed E-state index contributed by atoms with van der Waals surface area (Å²) < 4.78 is 0. The zero-order valence-corrected chi connectivity index (χ0v) is 15.1. The van der Waals surface area contributed by atoms with Crippen LogP contribution in [0.3, 0.4) is 0 Å². The first kappa shape index (κ1) is 16.6. The van der Waals surface area contributed by atoms with Crippen molar-refractivity contribution < 1.29 is 9.59 Å². The van der Waals surface area contributed by atoms with E-state index in [0.717, 1.165) is 42.7 Å². The SMILES string of the molecule is Cc1cc(C)cc(NC2=C(N3CCCC3)C(=O)c3ccccc3C2=O)c1. The first-order valence-electron chi connectivity index (χ1n) is 9.07. The van der Waals surface area contributed by atoms with Crippen LogP contribution in [0.1, 0.15) is 44.7 Å². The average Bonchev–Trinajstić information content (AvgIpc) is 3.13. The normalized spacial score (nSPS) is 16.9. The Labute approximate surface area is 153 Å². The lowest BCUT2D eigenvalue weighted by Gasteiger charge is -2.28. The fraction of sp³-hybridized carbons (Fsp3) is 0.273. The zero-order chi connectivity index (χ0) is 18.3. The van der Waals surface area contributed by atoms with E-state index in [1.165, 1.54) is 0 Å². The van der Waals surface area contributed by atoms with E-state index in [-0.39, 0.29) is 11.6 Å². The summed E-state index contributed by atoms with van der Waals surface area (Å²) in [5.74, 6) is -0.171. The van der Waals surface area contributed by atoms with Crippen molar-refractivity contribution in [2.24, 2.45) is 0 Å². The van der Waals surface area contributed by atoms with Gasteiger partial charge in [-0.1, -0.05) is 30.3 Å². The van der Waals surface area contributed by atoms with Gasteiger partial charge in [-0.3, -0.25) is 9.59 Å². The standard InChI is InChI=1S/C22H22N2O2/c1-14-11-15(2)13-16(12-14)23-19-20(24-9-5-6-10-24)22(26)18-8-4-3-7-17(18)21(19)25/h3-4,7-8,11-13,23H,5-6,9-10H2,1-2H3. The number of likely N-dealkylation sites (tertiary alicyclic amines) is 1. The molecule has 4 rings (SSSR count). The molecule has 1 aliphatic heterocycles. The molecule has 0 atom stereocenters. The number of anilines is 1. The van der Waals surface area contributed by atoms with E-state index in [0.29, 0.717) is 22.5 Å². The van der Waals surface area contributed by atoms with Gasteiger partial charge in [-0.25, -0.2) is 0 Å². The number of hydrogen-bond donors (Lipinski definition) is 1. The zero-order valence-electron chi connectivity index (χ0n) is 15.1. The fourth-order valence-corrected chi connectivity index (χ4v) is 3.91. The quantitative estimate of drug-likeness (QED) is 0.909. The molecule has 0 spiro atoms. The number of fused-ring (bicyclic) bond motifs is 1. The van der Waals surface area contributed by atoms with Crippen molar-refractivity contribution in [3.8, 4) is 0 Å². The minimum absolute atomic E-state index is 0.0611. The Balaban J connectivity index is 1.84. The predicted molar refractivity (Wildman–Crippen MR) is 102 cm³/mol. The molecular weight excluding hydrogens is 324 g/mol. The first-order valence-corrected chi connectivity index (χ1v) is 9.07. The van der Waals surface area contributed by atoms with Crippen molar-refractivity contribution in [2.45, 2.75) is 26.7 Å². The summed E-state index contributed by atoms with van der Waals surface area (Å²) >= 11 is 0. The van der Waals surface area contributed by atoms with Crippen LogP contribution in [0, 0.1) is 13.8 Å². The lowest BCUT2D eigenvalue weighted by Crippen LogP contribution is -2.35. The predicted octanol–water partition coefficient (Wildman–Crippen LogP) is 4.10. The van der Waals surface area contributed by atoms with Crippen LogP contribution in [-0.4, -0.2) is 29.6 Å². The Kier molecular flexibility index (Phi) is 4.11. The van der Waals surface area contributed by atoms with Gasteiger partial charge >= 0.3 is 0 Å². The number of nitrogens with zero attached hydrogens (tertiary/aromatic N) is 1. The minimum atomic E-state index is -0.110. The van der Waals surface area contributed by atoms with Gasteiger partial charge in [-0.2, -0.15) is 0 Å². The van der Waals surface area contributed by atoms with E-state index in [1.807, 2.05) is 32.0 Å². The fourth-order valence-electron chi connectivity index (χ4n) is 3.91. The molecule has 1 N–H and O–H groups in total. The maximum atomic E-state index is 13.2. The molecule has 26 heavy (non-hydrogen) atoms. The number of carbonyl (C=O) groups excluding carboxylic acids is 2. The molecule has 0 bridgehead atoms. The van der Waals surface area contributed by atoms with Crippen LogP contribution in [0.25, 0.3) is 0 Å². The van der Waals surface area contributed by atoms with Crippen molar-refractivity contribution in [2.75, 3.05) is 18.4 Å². The number of nitrogens with one attached hydrogen (secondary N) is 1. The monoisotopic (exact) mass is 346 g/mol. The van der Waals surface area contributed by atoms with Crippen LogP contribution in [0.5, 0.6) is 0 Å². The molecule has 4 heteroatoms. The summed E-state index contributed by atoms with van der Waals surface area (Å²) in [6, 6.07) is 13.2. The van der Waals surface area contributed by atoms with Crippen LogP contribution < -0.4 is 5.32 Å². The lowest BCUT2D eigenvalue weighted by atomic mass is 9.89. The molecular formula is C22H22N2O2. The number of Topliss-reactive ketones (excluding diaryl/α,β-unsaturated/α-hetero) is 2. The van der Waals surface area contributed by atoms with Crippen LogP contribution in [-0.2, 0) is 0 Å². The number of rotatable bonds is 3. The van der Waals surface area contributed by atoms with Gasteiger partial charge in [0.25, 0.3) is 0 Å². The molecule has 2 aliphatic rings. The Hall–Kier alpha value is -2.88. The second-order valence-corrected chi connectivity index (χ2v) is 7.12. The number of carbonyl (C=O) groups is 2. The summed E-state index contributed by atoms with van der Waals surface area (Å²) in [6.45, 7) is 5.68. The van der Waals surface area contributed by atoms with Gasteiger partial charge < -0.3 is 10.2 Å². The molecule has 1 aliphatic carbocycles. The largest absolute Gasteiger partial charge is 0.367 e. The summed E-state index contributed by atoms with van der Waals surface area (Å²) in [6.07, 6.45) is 2.09. The molecule has 1 fully saturated rings. The highest BCUT2D eigenvalue weighted by Crippen LogP contribution is 2.31. The molecule has 1 saturated heterocycles. The maximum absolute atomic E-state index is 13.2. The molecule has 0 saturated carbocycles. The summed E-state index contributed by atoms with van der Waals surface area (Å²) in [5.41, 5.74) is 4.98. The average molecular weight is 346 g/mol. The van der Waals surface area contributed by atoms with E-state index in [9.17, 15) is 9.59 Å². The van der Waals surface area contributed by atoms with Crippen LogP contribution in [0.2, 0.25) is 0 Å². The highest BCUT2D eigenvalue weighted by Gasteiger charge is 2.36. The molecule has 2 aromatic rings. The molecule has 0 amide bonds. The highest BCUT2D eigenvalue weighted by atomic mass is 16.1. The Morgan fingerprint density at radius 1 is 0.846 bits per heavy atom. The van der Waals surface area contributed by atoms with Crippen molar-refractivity contribution >= 4 is 17.3 Å². The second kappa shape index (κ2) is 6.45. The third-order valence-corrected chi connectivity index (χ3v) is 5.01.